The summed E-state index contributed by atoms with van der Waals surface area (Å²) in [5.41, 5.74) is 6.63. The molecule has 3 N–H and O–H groups in total. The van der Waals surface area contributed by atoms with Crippen LogP contribution in [0.4, 0.5) is 5.69 Å². The molecule has 5 nitrogen and oxygen atoms in total. The molecule has 0 aliphatic carbocycles. The highest BCUT2D eigenvalue weighted by Gasteiger charge is 2.11. The van der Waals surface area contributed by atoms with Gasteiger partial charge in [-0.05, 0) is 37.2 Å². The SMILES string of the molecule is NCCCS(=O)(=O)Nc1cccc2ncccc12. The molecule has 0 aliphatic heterocycles. The zero-order valence-electron chi connectivity index (χ0n) is 9.83. The van der Waals surface area contributed by atoms with Gasteiger partial charge in [0.1, 0.15) is 0 Å². The Labute approximate surface area is 106 Å². The third kappa shape index (κ3) is 2.96. The minimum atomic E-state index is -3.35. The molecule has 0 atom stereocenters. The van der Waals surface area contributed by atoms with Crippen molar-refractivity contribution in [2.75, 3.05) is 17.0 Å². The smallest absolute Gasteiger partial charge is 0.232 e. The van der Waals surface area contributed by atoms with Crippen LogP contribution in [0.15, 0.2) is 36.5 Å². The number of aromatic nitrogens is 1. The summed E-state index contributed by atoms with van der Waals surface area (Å²) in [6.07, 6.45) is 2.12. The number of hydrogen-bond donors (Lipinski definition) is 2. The first-order valence-electron chi connectivity index (χ1n) is 5.67. The lowest BCUT2D eigenvalue weighted by Gasteiger charge is -2.09. The largest absolute Gasteiger partial charge is 0.330 e. The van der Waals surface area contributed by atoms with Crippen LogP contribution in [0.5, 0.6) is 0 Å². The van der Waals surface area contributed by atoms with E-state index in [0.717, 1.165) is 10.9 Å². The fourth-order valence-corrected chi connectivity index (χ4v) is 2.85. The first-order chi connectivity index (χ1) is 8.62. The zero-order valence-corrected chi connectivity index (χ0v) is 10.7. The summed E-state index contributed by atoms with van der Waals surface area (Å²) >= 11 is 0. The van der Waals surface area contributed by atoms with E-state index in [9.17, 15) is 8.42 Å². The van der Waals surface area contributed by atoms with E-state index in [2.05, 4.69) is 9.71 Å². The second-order valence-electron chi connectivity index (χ2n) is 3.94. The number of nitrogens with one attached hydrogen (secondary N) is 1. The Bertz CT molecular complexity index is 635. The number of hydrogen-bond acceptors (Lipinski definition) is 4. The maximum atomic E-state index is 11.8. The van der Waals surface area contributed by atoms with E-state index >= 15 is 0 Å². The molecule has 0 spiro atoms. The summed E-state index contributed by atoms with van der Waals surface area (Å²) in [4.78, 5) is 4.18. The predicted molar refractivity (Wildman–Crippen MR) is 72.8 cm³/mol. The lowest BCUT2D eigenvalue weighted by Crippen LogP contribution is -2.19. The molecule has 0 fully saturated rings. The first-order valence-corrected chi connectivity index (χ1v) is 7.32. The van der Waals surface area contributed by atoms with Gasteiger partial charge in [-0.3, -0.25) is 9.71 Å². The molecule has 18 heavy (non-hydrogen) atoms. The van der Waals surface area contributed by atoms with Gasteiger partial charge in [-0.25, -0.2) is 8.42 Å². The van der Waals surface area contributed by atoms with Crippen molar-refractivity contribution in [3.8, 4) is 0 Å². The third-order valence-electron chi connectivity index (χ3n) is 2.53. The fraction of sp³-hybridized carbons (Fsp3) is 0.250. The molecule has 0 saturated heterocycles. The third-order valence-corrected chi connectivity index (χ3v) is 3.89. The van der Waals surface area contributed by atoms with Crippen LogP contribution in [-0.4, -0.2) is 25.7 Å². The van der Waals surface area contributed by atoms with E-state index in [0.29, 0.717) is 18.7 Å². The Morgan fingerprint density at radius 2 is 2.06 bits per heavy atom. The monoisotopic (exact) mass is 265 g/mol. The molecule has 2 aromatic rings. The van der Waals surface area contributed by atoms with Crippen LogP contribution >= 0.6 is 0 Å². The molecule has 1 aromatic heterocycles. The van der Waals surface area contributed by atoms with Crippen LogP contribution in [0.2, 0.25) is 0 Å². The maximum absolute atomic E-state index is 11.8. The van der Waals surface area contributed by atoms with E-state index in [4.69, 9.17) is 5.73 Å². The number of nitrogens with zero attached hydrogens (tertiary/aromatic N) is 1. The Kier molecular flexibility index (Phi) is 3.78. The second kappa shape index (κ2) is 5.32. The normalized spacial score (nSPS) is 11.6. The summed E-state index contributed by atoms with van der Waals surface area (Å²) in [7, 11) is -3.35. The molecular formula is C12H15N3O2S. The van der Waals surface area contributed by atoms with Crippen molar-refractivity contribution in [1.82, 2.24) is 4.98 Å². The van der Waals surface area contributed by atoms with E-state index in [1.165, 1.54) is 0 Å². The Morgan fingerprint density at radius 3 is 2.83 bits per heavy atom. The van der Waals surface area contributed by atoms with Gasteiger partial charge in [0.25, 0.3) is 0 Å². The second-order valence-corrected chi connectivity index (χ2v) is 5.78. The standard InChI is InChI=1S/C12H15N3O2S/c13-7-3-9-18(16,17)15-12-6-1-5-11-10(12)4-2-8-14-11/h1-2,4-6,8,15H,3,7,9,13H2. The molecule has 1 heterocycles. The van der Waals surface area contributed by atoms with Crippen LogP contribution in [0.1, 0.15) is 6.42 Å². The Hall–Kier alpha value is -1.66. The van der Waals surface area contributed by atoms with Crippen molar-refractivity contribution in [1.29, 1.82) is 0 Å². The van der Waals surface area contributed by atoms with Crippen LogP contribution in [0.3, 0.4) is 0 Å². The summed E-state index contributed by atoms with van der Waals surface area (Å²) in [5, 5.41) is 0.788. The van der Waals surface area contributed by atoms with Crippen LogP contribution in [0, 0.1) is 0 Å². The summed E-state index contributed by atoms with van der Waals surface area (Å²) in [5.74, 6) is 0.0279. The van der Waals surface area contributed by atoms with Gasteiger partial charge in [0, 0.05) is 11.6 Å². The lowest BCUT2D eigenvalue weighted by atomic mass is 10.2. The van der Waals surface area contributed by atoms with Crippen molar-refractivity contribution in [2.24, 2.45) is 5.73 Å². The van der Waals surface area contributed by atoms with Gasteiger partial charge in [0.2, 0.25) is 10.0 Å². The van der Waals surface area contributed by atoms with Crippen molar-refractivity contribution in [3.63, 3.8) is 0 Å². The number of pyridine rings is 1. The van der Waals surface area contributed by atoms with Crippen molar-refractivity contribution in [2.45, 2.75) is 6.42 Å². The summed E-state index contributed by atoms with van der Waals surface area (Å²) in [6, 6.07) is 8.95. The van der Waals surface area contributed by atoms with Crippen LogP contribution < -0.4 is 10.5 Å². The molecule has 0 bridgehead atoms. The highest BCUT2D eigenvalue weighted by molar-refractivity contribution is 7.92. The molecule has 96 valence electrons. The quantitative estimate of drug-likeness (QED) is 0.854. The van der Waals surface area contributed by atoms with Gasteiger partial charge in [0.15, 0.2) is 0 Å². The summed E-state index contributed by atoms with van der Waals surface area (Å²) in [6.45, 7) is 0.359. The van der Waals surface area contributed by atoms with Crippen LogP contribution in [-0.2, 0) is 10.0 Å². The molecule has 1 aromatic carbocycles. The molecule has 0 radical (unpaired) electrons. The van der Waals surface area contributed by atoms with Gasteiger partial charge in [0.05, 0.1) is 17.0 Å². The van der Waals surface area contributed by atoms with Gasteiger partial charge < -0.3 is 5.73 Å². The number of rotatable bonds is 5. The summed E-state index contributed by atoms with van der Waals surface area (Å²) < 4.78 is 26.2. The van der Waals surface area contributed by atoms with Crippen LogP contribution in [0.25, 0.3) is 10.9 Å². The van der Waals surface area contributed by atoms with Gasteiger partial charge in [-0.1, -0.05) is 6.07 Å². The fourth-order valence-electron chi connectivity index (χ4n) is 1.68. The molecule has 6 heteroatoms. The zero-order chi connectivity index (χ0) is 13.0. The lowest BCUT2D eigenvalue weighted by molar-refractivity contribution is 0.599. The Morgan fingerprint density at radius 1 is 1.22 bits per heavy atom. The highest BCUT2D eigenvalue weighted by atomic mass is 32.2. The molecule has 2 rings (SSSR count). The average Bonchev–Trinajstić information content (AvgIpc) is 2.37. The topological polar surface area (TPSA) is 85.1 Å². The maximum Gasteiger partial charge on any atom is 0.232 e. The van der Waals surface area contributed by atoms with Crippen molar-refractivity contribution < 1.29 is 8.42 Å². The average molecular weight is 265 g/mol. The van der Waals surface area contributed by atoms with Crippen molar-refractivity contribution >= 4 is 26.6 Å². The van der Waals surface area contributed by atoms with Gasteiger partial charge in [-0.15, -0.1) is 0 Å². The number of sulfonamides is 1. The molecule has 0 unspecified atom stereocenters. The minimum absolute atomic E-state index is 0.0279. The van der Waals surface area contributed by atoms with Gasteiger partial charge >= 0.3 is 0 Å². The van der Waals surface area contributed by atoms with E-state index in [1.807, 2.05) is 12.1 Å². The Balaban J connectivity index is 2.32. The number of fused-ring (bicyclic) bond motifs is 1. The van der Waals surface area contributed by atoms with Gasteiger partial charge in [-0.2, -0.15) is 0 Å². The number of nitrogens with two attached hydrogens (primary N) is 1. The van der Waals surface area contributed by atoms with E-state index in [1.54, 1.807) is 24.4 Å². The molecular weight excluding hydrogens is 250 g/mol. The molecule has 0 aliphatic rings. The number of benzene rings is 1. The highest BCUT2D eigenvalue weighted by Crippen LogP contribution is 2.22. The molecule has 0 amide bonds. The van der Waals surface area contributed by atoms with E-state index in [-0.39, 0.29) is 5.75 Å². The van der Waals surface area contributed by atoms with Crippen molar-refractivity contribution in [3.05, 3.63) is 36.5 Å². The van der Waals surface area contributed by atoms with E-state index < -0.39 is 10.0 Å². The minimum Gasteiger partial charge on any atom is -0.330 e. The molecule has 0 saturated carbocycles. The first kappa shape index (κ1) is 12.8. The number of anilines is 1. The predicted octanol–water partition coefficient (Wildman–Crippen LogP) is 1.33.